The summed E-state index contributed by atoms with van der Waals surface area (Å²) in [6, 6.07) is 18.0. The number of allylic oxidation sites excluding steroid dienone is 2. The number of fused-ring (bicyclic) bond motifs is 2. The lowest BCUT2D eigenvalue weighted by Gasteiger charge is -2.23. The maximum Gasteiger partial charge on any atom is 0.333 e. The average molecular weight is 445 g/mol. The summed E-state index contributed by atoms with van der Waals surface area (Å²) >= 11 is 0. The highest BCUT2D eigenvalue weighted by molar-refractivity contribution is 5.96. The van der Waals surface area contributed by atoms with Gasteiger partial charge < -0.3 is 18.9 Å². The Morgan fingerprint density at radius 3 is 2.12 bits per heavy atom. The van der Waals surface area contributed by atoms with Crippen molar-refractivity contribution < 1.29 is 23.7 Å². The third-order valence-corrected chi connectivity index (χ3v) is 5.39. The van der Waals surface area contributed by atoms with Crippen LogP contribution in [0, 0.1) is 0 Å². The zero-order valence-corrected chi connectivity index (χ0v) is 18.8. The number of hydrogen-bond donors (Lipinski definition) is 0. The molecule has 0 heterocycles. The molecule has 0 radical (unpaired) electrons. The van der Waals surface area contributed by atoms with Crippen molar-refractivity contribution in [3.05, 3.63) is 90.0 Å². The van der Waals surface area contributed by atoms with Crippen LogP contribution in [0.25, 0.3) is 10.8 Å². The van der Waals surface area contributed by atoms with Gasteiger partial charge in [0, 0.05) is 27.5 Å². The van der Waals surface area contributed by atoms with Gasteiger partial charge in [0.05, 0.1) is 13.2 Å². The van der Waals surface area contributed by atoms with E-state index in [2.05, 4.69) is 30.9 Å². The molecule has 0 fully saturated rings. The van der Waals surface area contributed by atoms with Crippen LogP contribution in [0.1, 0.15) is 18.1 Å². The van der Waals surface area contributed by atoms with E-state index < -0.39 is 5.97 Å². The summed E-state index contributed by atoms with van der Waals surface area (Å²) in [5.74, 6) is 2.18. The lowest BCUT2D eigenvalue weighted by atomic mass is 9.90. The molecule has 0 saturated heterocycles. The SMILES string of the molecule is C=C(C)C(=O)OCCOCCOc1c2c(c(Oc3ccccc3)c3ccccc13)CC=CC2. The van der Waals surface area contributed by atoms with E-state index >= 15 is 0 Å². The van der Waals surface area contributed by atoms with Gasteiger partial charge in [-0.05, 0) is 31.9 Å². The van der Waals surface area contributed by atoms with Crippen LogP contribution in [-0.4, -0.2) is 32.4 Å². The van der Waals surface area contributed by atoms with E-state index in [9.17, 15) is 4.79 Å². The number of benzene rings is 3. The van der Waals surface area contributed by atoms with Gasteiger partial charge in [-0.2, -0.15) is 0 Å². The Hall–Kier alpha value is -3.57. The maximum absolute atomic E-state index is 11.4. The van der Waals surface area contributed by atoms with Gasteiger partial charge in [0.1, 0.15) is 30.5 Å². The minimum atomic E-state index is -0.404. The van der Waals surface area contributed by atoms with Crippen molar-refractivity contribution >= 4 is 16.7 Å². The summed E-state index contributed by atoms with van der Waals surface area (Å²) in [7, 11) is 0. The van der Waals surface area contributed by atoms with Crippen molar-refractivity contribution in [1.29, 1.82) is 0 Å². The first-order valence-corrected chi connectivity index (χ1v) is 11.1. The second-order valence-corrected chi connectivity index (χ2v) is 7.83. The average Bonchev–Trinajstić information content (AvgIpc) is 2.85. The first-order chi connectivity index (χ1) is 16.1. The molecule has 0 bridgehead atoms. The molecular formula is C28H28O5. The summed E-state index contributed by atoms with van der Waals surface area (Å²) in [5, 5.41) is 2.05. The fourth-order valence-electron chi connectivity index (χ4n) is 3.82. The van der Waals surface area contributed by atoms with Crippen LogP contribution in [0.2, 0.25) is 0 Å². The third-order valence-electron chi connectivity index (χ3n) is 5.39. The lowest BCUT2D eigenvalue weighted by Crippen LogP contribution is -2.15. The normalized spacial score (nSPS) is 12.3. The van der Waals surface area contributed by atoms with Crippen LogP contribution in [-0.2, 0) is 27.1 Å². The Balaban J connectivity index is 1.50. The monoisotopic (exact) mass is 444 g/mol. The largest absolute Gasteiger partial charge is 0.490 e. The molecule has 3 aromatic rings. The van der Waals surface area contributed by atoms with E-state index in [0.717, 1.165) is 52.0 Å². The molecule has 4 rings (SSSR count). The second kappa shape index (κ2) is 10.8. The van der Waals surface area contributed by atoms with Gasteiger partial charge in [-0.3, -0.25) is 0 Å². The number of ether oxygens (including phenoxy) is 4. The van der Waals surface area contributed by atoms with E-state index in [4.69, 9.17) is 18.9 Å². The number of carbonyl (C=O) groups is 1. The summed E-state index contributed by atoms with van der Waals surface area (Å²) in [6.45, 7) is 6.47. The van der Waals surface area contributed by atoms with Crippen LogP contribution < -0.4 is 9.47 Å². The highest BCUT2D eigenvalue weighted by Gasteiger charge is 2.22. The molecule has 0 aliphatic heterocycles. The smallest absolute Gasteiger partial charge is 0.333 e. The second-order valence-electron chi connectivity index (χ2n) is 7.83. The molecule has 5 heteroatoms. The number of esters is 1. The number of hydrogen-bond acceptors (Lipinski definition) is 5. The molecule has 5 nitrogen and oxygen atoms in total. The molecule has 0 N–H and O–H groups in total. The Morgan fingerprint density at radius 1 is 0.818 bits per heavy atom. The van der Waals surface area contributed by atoms with Crippen molar-refractivity contribution in [3.8, 4) is 17.2 Å². The van der Waals surface area contributed by atoms with Gasteiger partial charge in [-0.1, -0.05) is 61.2 Å². The molecule has 0 amide bonds. The van der Waals surface area contributed by atoms with Gasteiger partial charge in [0.2, 0.25) is 0 Å². The molecule has 3 aromatic carbocycles. The zero-order chi connectivity index (χ0) is 23.0. The molecule has 1 aliphatic carbocycles. The summed E-state index contributed by atoms with van der Waals surface area (Å²) in [4.78, 5) is 11.4. The predicted molar refractivity (Wildman–Crippen MR) is 129 cm³/mol. The Bertz CT molecular complexity index is 1160. The molecule has 170 valence electrons. The topological polar surface area (TPSA) is 54.0 Å². The Kier molecular flexibility index (Phi) is 7.43. The van der Waals surface area contributed by atoms with Crippen LogP contribution in [0.3, 0.4) is 0 Å². The van der Waals surface area contributed by atoms with E-state index in [1.807, 2.05) is 42.5 Å². The first-order valence-electron chi connectivity index (χ1n) is 11.1. The van der Waals surface area contributed by atoms with Gasteiger partial charge in [0.25, 0.3) is 0 Å². The standard InChI is InChI=1S/C28H28O5/c1-20(2)28(29)32-19-17-30-16-18-31-26-22-12-6-8-14-24(22)27(25-15-9-7-13-23(25)26)33-21-10-4-3-5-11-21/h3-12,14H,1,13,15-19H2,2H3. The quantitative estimate of drug-likeness (QED) is 0.171. The van der Waals surface area contributed by atoms with Crippen molar-refractivity contribution in [3.63, 3.8) is 0 Å². The highest BCUT2D eigenvalue weighted by Crippen LogP contribution is 2.44. The number of para-hydroxylation sites is 1. The van der Waals surface area contributed by atoms with Crippen molar-refractivity contribution in [1.82, 2.24) is 0 Å². The van der Waals surface area contributed by atoms with Crippen LogP contribution in [0.5, 0.6) is 17.2 Å². The minimum absolute atomic E-state index is 0.195. The molecule has 0 atom stereocenters. The summed E-state index contributed by atoms with van der Waals surface area (Å²) < 4.78 is 23.3. The first kappa shape index (κ1) is 22.6. The third kappa shape index (κ3) is 5.44. The highest BCUT2D eigenvalue weighted by atomic mass is 16.6. The predicted octanol–water partition coefficient (Wildman–Crippen LogP) is 5.80. The van der Waals surface area contributed by atoms with Gasteiger partial charge in [-0.25, -0.2) is 4.79 Å². The van der Waals surface area contributed by atoms with Crippen LogP contribution >= 0.6 is 0 Å². The van der Waals surface area contributed by atoms with Crippen molar-refractivity contribution in [2.45, 2.75) is 19.8 Å². The van der Waals surface area contributed by atoms with Crippen molar-refractivity contribution in [2.75, 3.05) is 26.4 Å². The van der Waals surface area contributed by atoms with Crippen LogP contribution in [0.15, 0.2) is 78.9 Å². The van der Waals surface area contributed by atoms with Gasteiger partial charge in [-0.15, -0.1) is 0 Å². The molecule has 0 unspecified atom stereocenters. The fraction of sp³-hybridized carbons (Fsp3) is 0.250. The molecule has 0 saturated carbocycles. The molecule has 33 heavy (non-hydrogen) atoms. The maximum atomic E-state index is 11.4. The Morgan fingerprint density at radius 2 is 1.42 bits per heavy atom. The number of carbonyl (C=O) groups excluding carboxylic acids is 1. The summed E-state index contributed by atoms with van der Waals surface area (Å²) in [5.41, 5.74) is 2.68. The van der Waals surface area contributed by atoms with Gasteiger partial charge >= 0.3 is 5.97 Å². The Labute approximate surface area is 194 Å². The van der Waals surface area contributed by atoms with E-state index in [0.29, 0.717) is 25.4 Å². The molecule has 0 spiro atoms. The molecule has 0 aromatic heterocycles. The van der Waals surface area contributed by atoms with Gasteiger partial charge in [0.15, 0.2) is 0 Å². The van der Waals surface area contributed by atoms with E-state index in [-0.39, 0.29) is 6.61 Å². The van der Waals surface area contributed by atoms with Crippen molar-refractivity contribution in [2.24, 2.45) is 0 Å². The number of rotatable bonds is 10. The molecule has 1 aliphatic rings. The molecular weight excluding hydrogens is 416 g/mol. The minimum Gasteiger partial charge on any atom is -0.490 e. The van der Waals surface area contributed by atoms with E-state index in [1.165, 1.54) is 0 Å². The van der Waals surface area contributed by atoms with Crippen LogP contribution in [0.4, 0.5) is 0 Å². The summed E-state index contributed by atoms with van der Waals surface area (Å²) in [6.07, 6.45) is 5.93. The van der Waals surface area contributed by atoms with E-state index in [1.54, 1.807) is 6.92 Å². The zero-order valence-electron chi connectivity index (χ0n) is 18.8. The lowest BCUT2D eigenvalue weighted by molar-refractivity contribution is -0.140. The fourth-order valence-corrected chi connectivity index (χ4v) is 3.82.